The first kappa shape index (κ1) is 21.4. The normalized spacial score (nSPS) is 18.1. The molecule has 32 heavy (non-hydrogen) atoms. The maximum Gasteiger partial charge on any atom is 0.325 e. The molecule has 2 heterocycles. The summed E-state index contributed by atoms with van der Waals surface area (Å²) in [5, 5.41) is 9.23. The van der Waals surface area contributed by atoms with Crippen LogP contribution in [-0.2, 0) is 15.1 Å². The van der Waals surface area contributed by atoms with Gasteiger partial charge in [-0.2, -0.15) is 5.10 Å². The molecule has 3 aromatic rings. The summed E-state index contributed by atoms with van der Waals surface area (Å²) in [5.41, 5.74) is -1.50. The molecule has 2 N–H and O–H groups in total. The summed E-state index contributed by atoms with van der Waals surface area (Å²) in [6, 6.07) is 6.32. The highest BCUT2D eigenvalue weighted by atomic mass is 35.5. The van der Waals surface area contributed by atoms with Crippen molar-refractivity contribution in [3.8, 4) is 5.69 Å². The summed E-state index contributed by atoms with van der Waals surface area (Å²) in [6.45, 7) is 0.573. The fourth-order valence-corrected chi connectivity index (χ4v) is 3.55. The Balaban J connectivity index is 1.56. The van der Waals surface area contributed by atoms with Crippen molar-refractivity contribution in [3.63, 3.8) is 0 Å². The van der Waals surface area contributed by atoms with Crippen molar-refractivity contribution in [2.45, 2.75) is 12.5 Å². The number of hydrogen-bond donors (Lipinski definition) is 2. The summed E-state index contributed by atoms with van der Waals surface area (Å²) in [5.74, 6) is -3.27. The van der Waals surface area contributed by atoms with Gasteiger partial charge in [-0.25, -0.2) is 23.2 Å². The van der Waals surface area contributed by atoms with E-state index >= 15 is 0 Å². The fraction of sp³-hybridized carbons (Fsp3) is 0.150. The van der Waals surface area contributed by atoms with Crippen LogP contribution >= 0.6 is 11.6 Å². The first-order valence-electron chi connectivity index (χ1n) is 9.23. The maximum atomic E-state index is 14.3. The van der Waals surface area contributed by atoms with Crippen molar-refractivity contribution in [1.82, 2.24) is 25.0 Å². The molecule has 2 aromatic carbocycles. The van der Waals surface area contributed by atoms with Crippen molar-refractivity contribution in [3.05, 3.63) is 71.3 Å². The second-order valence-corrected chi connectivity index (χ2v) is 7.56. The van der Waals surface area contributed by atoms with Crippen LogP contribution in [0.1, 0.15) is 12.5 Å². The van der Waals surface area contributed by atoms with E-state index in [0.717, 1.165) is 18.2 Å². The number of aromatic nitrogens is 3. The molecule has 1 saturated heterocycles. The standard InChI is InChI=1S/C20H15ClF2N6O3/c1-20(13-7-12(22)3-4-14(13)23)18(31)28(19(32)27-20)8-17(30)26-15-6-11(21)2-5-16(15)29-10-24-9-25-29/h2-7,9-10H,8H2,1H3,(H,26,30)(H,27,32). The molecule has 4 rings (SSSR count). The molecule has 1 fully saturated rings. The third kappa shape index (κ3) is 3.78. The number of amides is 4. The second-order valence-electron chi connectivity index (χ2n) is 7.12. The minimum atomic E-state index is -1.87. The second kappa shape index (κ2) is 8.00. The Bertz CT molecular complexity index is 1240. The minimum Gasteiger partial charge on any atom is -0.323 e. The predicted molar refractivity (Wildman–Crippen MR) is 109 cm³/mol. The molecule has 0 bridgehead atoms. The lowest BCUT2D eigenvalue weighted by Gasteiger charge is -2.22. The van der Waals surface area contributed by atoms with Gasteiger partial charge in [0.05, 0.1) is 11.4 Å². The third-order valence-corrected chi connectivity index (χ3v) is 5.18. The molecule has 1 aliphatic rings. The van der Waals surface area contributed by atoms with E-state index in [2.05, 4.69) is 20.7 Å². The molecule has 9 nitrogen and oxygen atoms in total. The average molecular weight is 461 g/mol. The van der Waals surface area contributed by atoms with Crippen molar-refractivity contribution in [2.24, 2.45) is 0 Å². The summed E-state index contributed by atoms with van der Waals surface area (Å²) >= 11 is 6.02. The van der Waals surface area contributed by atoms with Gasteiger partial charge in [-0.05, 0) is 43.3 Å². The number of nitrogens with zero attached hydrogens (tertiary/aromatic N) is 4. The van der Waals surface area contributed by atoms with E-state index in [0.29, 0.717) is 15.6 Å². The highest BCUT2D eigenvalue weighted by molar-refractivity contribution is 6.31. The molecule has 0 aliphatic carbocycles. The predicted octanol–water partition coefficient (Wildman–Crippen LogP) is 2.60. The van der Waals surface area contributed by atoms with Crippen LogP contribution in [0.3, 0.4) is 0 Å². The molecule has 12 heteroatoms. The largest absolute Gasteiger partial charge is 0.325 e. The number of benzene rings is 2. The summed E-state index contributed by atoms with van der Waals surface area (Å²) in [7, 11) is 0. The van der Waals surface area contributed by atoms with Gasteiger partial charge >= 0.3 is 6.03 Å². The van der Waals surface area contributed by atoms with Gasteiger partial charge in [-0.1, -0.05) is 11.6 Å². The van der Waals surface area contributed by atoms with Crippen LogP contribution in [-0.4, -0.2) is 44.1 Å². The van der Waals surface area contributed by atoms with E-state index in [1.165, 1.54) is 30.3 Å². The van der Waals surface area contributed by atoms with E-state index in [4.69, 9.17) is 11.6 Å². The van der Waals surface area contributed by atoms with Crippen molar-refractivity contribution in [2.75, 3.05) is 11.9 Å². The summed E-state index contributed by atoms with van der Waals surface area (Å²) in [6.07, 6.45) is 2.72. The van der Waals surface area contributed by atoms with Crippen LogP contribution in [0.25, 0.3) is 5.69 Å². The quantitative estimate of drug-likeness (QED) is 0.569. The maximum absolute atomic E-state index is 14.3. The van der Waals surface area contributed by atoms with Crippen LogP contribution in [0, 0.1) is 11.6 Å². The zero-order chi connectivity index (χ0) is 23.0. The Morgan fingerprint density at radius 3 is 2.72 bits per heavy atom. The van der Waals surface area contributed by atoms with Gasteiger partial charge in [0, 0.05) is 10.6 Å². The van der Waals surface area contributed by atoms with Gasteiger partial charge in [-0.3, -0.25) is 14.5 Å². The van der Waals surface area contributed by atoms with Crippen LogP contribution in [0.4, 0.5) is 19.3 Å². The molecular formula is C20H15ClF2N6O3. The molecule has 4 amide bonds. The third-order valence-electron chi connectivity index (χ3n) is 4.94. The van der Waals surface area contributed by atoms with Crippen LogP contribution < -0.4 is 10.6 Å². The van der Waals surface area contributed by atoms with E-state index in [9.17, 15) is 23.2 Å². The Morgan fingerprint density at radius 1 is 1.22 bits per heavy atom. The SMILES string of the molecule is CC1(c2cc(F)ccc2F)NC(=O)N(CC(=O)Nc2cc(Cl)ccc2-n2cncn2)C1=O. The minimum absolute atomic E-state index is 0.263. The summed E-state index contributed by atoms with van der Waals surface area (Å²) < 4.78 is 29.3. The van der Waals surface area contributed by atoms with Crippen LogP contribution in [0.2, 0.25) is 5.02 Å². The number of halogens is 3. The molecule has 0 saturated carbocycles. The lowest BCUT2D eigenvalue weighted by atomic mass is 9.91. The zero-order valence-corrected chi connectivity index (χ0v) is 17.2. The Morgan fingerprint density at radius 2 is 2.00 bits per heavy atom. The fourth-order valence-electron chi connectivity index (χ4n) is 3.38. The van der Waals surface area contributed by atoms with Gasteiger partial charge in [-0.15, -0.1) is 0 Å². The number of carbonyl (C=O) groups excluding carboxylic acids is 3. The van der Waals surface area contributed by atoms with E-state index in [1.54, 1.807) is 12.1 Å². The first-order valence-corrected chi connectivity index (χ1v) is 9.61. The van der Waals surface area contributed by atoms with Crippen molar-refractivity contribution in [1.29, 1.82) is 0 Å². The molecule has 1 unspecified atom stereocenters. The molecule has 1 aliphatic heterocycles. The van der Waals surface area contributed by atoms with Crippen molar-refractivity contribution >= 4 is 35.1 Å². The number of carbonyl (C=O) groups is 3. The van der Waals surface area contributed by atoms with Gasteiger partial charge < -0.3 is 10.6 Å². The molecule has 1 aromatic heterocycles. The Kier molecular flexibility index (Phi) is 5.35. The number of nitrogens with one attached hydrogen (secondary N) is 2. The molecule has 164 valence electrons. The van der Waals surface area contributed by atoms with Crippen LogP contribution in [0.5, 0.6) is 0 Å². The van der Waals surface area contributed by atoms with E-state index in [-0.39, 0.29) is 11.3 Å². The van der Waals surface area contributed by atoms with Gasteiger partial charge in [0.15, 0.2) is 0 Å². The number of urea groups is 1. The molecule has 1 atom stereocenters. The molecule has 0 radical (unpaired) electrons. The number of imide groups is 1. The number of rotatable bonds is 5. The van der Waals surface area contributed by atoms with E-state index < -0.39 is 41.6 Å². The Hall–Kier alpha value is -3.86. The number of hydrogen-bond acceptors (Lipinski definition) is 5. The lowest BCUT2D eigenvalue weighted by molar-refractivity contribution is -0.133. The van der Waals surface area contributed by atoms with Crippen LogP contribution in [0.15, 0.2) is 49.1 Å². The zero-order valence-electron chi connectivity index (χ0n) is 16.5. The number of anilines is 1. The van der Waals surface area contributed by atoms with Gasteiger partial charge in [0.25, 0.3) is 5.91 Å². The van der Waals surface area contributed by atoms with Gasteiger partial charge in [0.2, 0.25) is 5.91 Å². The molecular weight excluding hydrogens is 446 g/mol. The summed E-state index contributed by atoms with van der Waals surface area (Å²) in [4.78, 5) is 42.5. The lowest BCUT2D eigenvalue weighted by Crippen LogP contribution is -2.42. The van der Waals surface area contributed by atoms with E-state index in [1.807, 2.05) is 0 Å². The monoisotopic (exact) mass is 460 g/mol. The highest BCUT2D eigenvalue weighted by Crippen LogP contribution is 2.31. The smallest absolute Gasteiger partial charge is 0.323 e. The first-order chi connectivity index (χ1) is 15.2. The molecule has 0 spiro atoms. The Labute approximate surface area is 185 Å². The topological polar surface area (TPSA) is 109 Å². The van der Waals surface area contributed by atoms with Crippen molar-refractivity contribution < 1.29 is 23.2 Å². The average Bonchev–Trinajstić information content (AvgIpc) is 3.34. The highest BCUT2D eigenvalue weighted by Gasteiger charge is 2.50. The van der Waals surface area contributed by atoms with Gasteiger partial charge in [0.1, 0.15) is 36.4 Å².